The van der Waals surface area contributed by atoms with Gasteiger partial charge in [0.15, 0.2) is 22.5 Å². The summed E-state index contributed by atoms with van der Waals surface area (Å²) in [5, 5.41) is 13.7. The van der Waals surface area contributed by atoms with Crippen LogP contribution in [0.15, 0.2) is 52.7 Å². The van der Waals surface area contributed by atoms with Gasteiger partial charge >= 0.3 is 5.97 Å². The number of nitrogens with one attached hydrogen (secondary N) is 1. The molecule has 1 amide bonds. The molecule has 0 aliphatic carbocycles. The molecule has 0 saturated heterocycles. The van der Waals surface area contributed by atoms with Crippen molar-refractivity contribution in [3.63, 3.8) is 0 Å². The zero-order valence-electron chi connectivity index (χ0n) is 18.2. The largest absolute Gasteiger partial charge is 0.493 e. The summed E-state index contributed by atoms with van der Waals surface area (Å²) in [6, 6.07) is 12.3. The Labute approximate surface area is 200 Å². The van der Waals surface area contributed by atoms with E-state index in [0.29, 0.717) is 39.6 Å². The molecule has 0 bridgehead atoms. The number of rotatable bonds is 9. The van der Waals surface area contributed by atoms with Crippen LogP contribution in [-0.2, 0) is 16.1 Å². The van der Waals surface area contributed by atoms with E-state index in [1.807, 2.05) is 23.6 Å². The molecule has 1 heterocycles. The summed E-state index contributed by atoms with van der Waals surface area (Å²) in [5.41, 5.74) is 4.03. The monoisotopic (exact) mass is 487 g/mol. The van der Waals surface area contributed by atoms with Crippen LogP contribution in [0.2, 0.25) is 5.02 Å². The molecule has 0 aliphatic heterocycles. The number of halogens is 1. The van der Waals surface area contributed by atoms with Crippen molar-refractivity contribution in [2.24, 2.45) is 5.10 Å². The number of nitrogens with zero attached hydrogens (tertiary/aromatic N) is 4. The number of benzene rings is 2. The van der Waals surface area contributed by atoms with E-state index >= 15 is 0 Å². The maximum atomic E-state index is 12.2. The lowest BCUT2D eigenvalue weighted by Gasteiger charge is -2.08. The van der Waals surface area contributed by atoms with Crippen molar-refractivity contribution < 1.29 is 19.1 Å². The van der Waals surface area contributed by atoms with E-state index in [2.05, 4.69) is 20.7 Å². The smallest absolute Gasteiger partial charge is 0.308 e. The van der Waals surface area contributed by atoms with Crippen LogP contribution in [0.5, 0.6) is 11.5 Å². The highest BCUT2D eigenvalue weighted by Gasteiger charge is 2.14. The van der Waals surface area contributed by atoms with Crippen molar-refractivity contribution in [1.82, 2.24) is 20.2 Å². The molecule has 0 aliphatic rings. The summed E-state index contributed by atoms with van der Waals surface area (Å²) < 4.78 is 12.2. The number of hydrogen-bond acceptors (Lipinski definition) is 8. The number of hydrogen-bond donors (Lipinski definition) is 1. The molecule has 0 unspecified atom stereocenters. The van der Waals surface area contributed by atoms with Gasteiger partial charge in [0, 0.05) is 24.1 Å². The normalized spacial score (nSPS) is 10.9. The number of carbonyl (C=O) groups is 2. The molecule has 11 heteroatoms. The van der Waals surface area contributed by atoms with Gasteiger partial charge < -0.3 is 14.0 Å². The fourth-order valence-electron chi connectivity index (χ4n) is 2.84. The van der Waals surface area contributed by atoms with Gasteiger partial charge in [0.25, 0.3) is 5.91 Å². The topological polar surface area (TPSA) is 108 Å². The Bertz CT molecular complexity index is 1160. The van der Waals surface area contributed by atoms with Crippen LogP contribution in [0.4, 0.5) is 0 Å². The molecular weight excluding hydrogens is 466 g/mol. The highest BCUT2D eigenvalue weighted by molar-refractivity contribution is 7.99. The third-order valence-corrected chi connectivity index (χ3v) is 5.53. The first-order chi connectivity index (χ1) is 15.9. The van der Waals surface area contributed by atoms with Crippen molar-refractivity contribution in [3.05, 3.63) is 53.1 Å². The number of aromatic nitrogens is 3. The number of methoxy groups -OCH3 is 1. The summed E-state index contributed by atoms with van der Waals surface area (Å²) in [4.78, 5) is 23.4. The van der Waals surface area contributed by atoms with Crippen LogP contribution in [0.25, 0.3) is 11.4 Å². The number of esters is 1. The van der Waals surface area contributed by atoms with E-state index in [9.17, 15) is 9.59 Å². The Hall–Kier alpha value is -3.37. The van der Waals surface area contributed by atoms with Crippen molar-refractivity contribution in [3.8, 4) is 22.9 Å². The van der Waals surface area contributed by atoms with E-state index in [4.69, 9.17) is 21.1 Å². The molecule has 0 radical (unpaired) electrons. The quantitative estimate of drug-likeness (QED) is 0.161. The Morgan fingerprint density at radius 3 is 2.61 bits per heavy atom. The number of carbonyl (C=O) groups excluding carboxylic acids is 2. The maximum absolute atomic E-state index is 12.2. The van der Waals surface area contributed by atoms with E-state index in [0.717, 1.165) is 5.56 Å². The molecule has 33 heavy (non-hydrogen) atoms. The Morgan fingerprint density at radius 2 is 1.94 bits per heavy atom. The van der Waals surface area contributed by atoms with Gasteiger partial charge in [-0.15, -0.1) is 10.2 Å². The third kappa shape index (κ3) is 6.56. The second-order valence-electron chi connectivity index (χ2n) is 6.64. The SMILES string of the molecule is CCn1c(SCC(=O)NN=Cc2ccc(OC(C)=O)c(OC)c2)nnc1-c1ccc(Cl)cc1. The average Bonchev–Trinajstić information content (AvgIpc) is 3.21. The first-order valence-electron chi connectivity index (χ1n) is 9.91. The van der Waals surface area contributed by atoms with Crippen molar-refractivity contribution >= 4 is 41.5 Å². The molecule has 2 aromatic carbocycles. The second-order valence-corrected chi connectivity index (χ2v) is 8.02. The summed E-state index contributed by atoms with van der Waals surface area (Å²) in [6.45, 7) is 3.94. The number of thioether (sulfide) groups is 1. The predicted molar refractivity (Wildman–Crippen MR) is 127 cm³/mol. The molecule has 1 N–H and O–H groups in total. The highest BCUT2D eigenvalue weighted by atomic mass is 35.5. The molecule has 0 atom stereocenters. The lowest BCUT2D eigenvalue weighted by Crippen LogP contribution is -2.20. The third-order valence-electron chi connectivity index (χ3n) is 4.31. The van der Waals surface area contributed by atoms with Crippen LogP contribution < -0.4 is 14.9 Å². The number of amides is 1. The Balaban J connectivity index is 1.58. The first-order valence-corrected chi connectivity index (χ1v) is 11.3. The van der Waals surface area contributed by atoms with E-state index < -0.39 is 5.97 Å². The second kappa shape index (κ2) is 11.5. The zero-order chi connectivity index (χ0) is 23.8. The van der Waals surface area contributed by atoms with Crippen molar-refractivity contribution in [2.45, 2.75) is 25.5 Å². The molecule has 0 spiro atoms. The molecule has 3 aromatic rings. The highest BCUT2D eigenvalue weighted by Crippen LogP contribution is 2.28. The summed E-state index contributed by atoms with van der Waals surface area (Å²) in [5.74, 6) is 0.774. The standard InChI is InChI=1S/C22H22ClN5O4S/c1-4-28-21(16-6-8-17(23)9-7-16)26-27-22(28)33-13-20(30)25-24-12-15-5-10-18(32-14(2)29)19(11-15)31-3/h5-12H,4,13H2,1-3H3,(H,25,30). The van der Waals surface area contributed by atoms with Gasteiger partial charge in [-0.3, -0.25) is 9.59 Å². The Kier molecular flexibility index (Phi) is 8.45. The molecule has 1 aromatic heterocycles. The Morgan fingerprint density at radius 1 is 1.18 bits per heavy atom. The molecular formula is C22H22ClN5O4S. The van der Waals surface area contributed by atoms with E-state index in [1.165, 1.54) is 32.0 Å². The van der Waals surface area contributed by atoms with Crippen LogP contribution >= 0.6 is 23.4 Å². The van der Waals surface area contributed by atoms with Crippen LogP contribution in [-0.4, -0.2) is 45.7 Å². The fraction of sp³-hybridized carbons (Fsp3) is 0.227. The summed E-state index contributed by atoms with van der Waals surface area (Å²) in [6.07, 6.45) is 1.47. The lowest BCUT2D eigenvalue weighted by atomic mass is 10.2. The summed E-state index contributed by atoms with van der Waals surface area (Å²) >= 11 is 7.22. The van der Waals surface area contributed by atoms with Crippen LogP contribution in [0.1, 0.15) is 19.4 Å². The van der Waals surface area contributed by atoms with E-state index in [-0.39, 0.29) is 11.7 Å². The predicted octanol–water partition coefficient (Wildman–Crippen LogP) is 3.79. The molecule has 0 saturated carbocycles. The molecule has 9 nitrogen and oxygen atoms in total. The zero-order valence-corrected chi connectivity index (χ0v) is 19.8. The van der Waals surface area contributed by atoms with Gasteiger partial charge in [0.2, 0.25) is 0 Å². The minimum absolute atomic E-state index is 0.116. The molecule has 3 rings (SSSR count). The molecule has 0 fully saturated rings. The average molecular weight is 488 g/mol. The number of ether oxygens (including phenoxy) is 2. The van der Waals surface area contributed by atoms with Gasteiger partial charge in [0.1, 0.15) is 0 Å². The van der Waals surface area contributed by atoms with Crippen LogP contribution in [0, 0.1) is 0 Å². The van der Waals surface area contributed by atoms with Gasteiger partial charge in [-0.2, -0.15) is 5.10 Å². The van der Waals surface area contributed by atoms with Gasteiger partial charge in [-0.05, 0) is 55.0 Å². The fourth-order valence-corrected chi connectivity index (χ4v) is 3.76. The lowest BCUT2D eigenvalue weighted by molar-refractivity contribution is -0.132. The molecule has 172 valence electrons. The van der Waals surface area contributed by atoms with Crippen LogP contribution in [0.3, 0.4) is 0 Å². The maximum Gasteiger partial charge on any atom is 0.308 e. The van der Waals surface area contributed by atoms with Crippen molar-refractivity contribution in [2.75, 3.05) is 12.9 Å². The minimum Gasteiger partial charge on any atom is -0.493 e. The van der Waals surface area contributed by atoms with Gasteiger partial charge in [-0.1, -0.05) is 23.4 Å². The first kappa shape index (κ1) is 24.3. The minimum atomic E-state index is -0.446. The number of hydrazone groups is 1. The van der Waals surface area contributed by atoms with Crippen molar-refractivity contribution in [1.29, 1.82) is 0 Å². The van der Waals surface area contributed by atoms with Gasteiger partial charge in [-0.25, -0.2) is 5.43 Å². The summed E-state index contributed by atoms with van der Waals surface area (Å²) in [7, 11) is 1.47. The van der Waals surface area contributed by atoms with Gasteiger partial charge in [0.05, 0.1) is 19.1 Å². The van der Waals surface area contributed by atoms with E-state index in [1.54, 1.807) is 30.3 Å².